The number of para-hydroxylation sites is 2. The molecule has 0 bridgehead atoms. The topological polar surface area (TPSA) is 81.3 Å². The Morgan fingerprint density at radius 1 is 0.310 bits per heavy atom. The summed E-state index contributed by atoms with van der Waals surface area (Å²) in [6, 6.07) is 61.6. The van der Waals surface area contributed by atoms with Gasteiger partial charge in [0.2, 0.25) is 0 Å². The third kappa shape index (κ3) is 5.18. The Labute approximate surface area is 331 Å². The van der Waals surface area contributed by atoms with E-state index in [9.17, 15) is 0 Å². The minimum Gasteiger partial charge on any atom is -0.456 e. The van der Waals surface area contributed by atoms with Crippen molar-refractivity contribution in [3.8, 4) is 34.2 Å². The minimum absolute atomic E-state index is 0.577. The van der Waals surface area contributed by atoms with Crippen molar-refractivity contribution < 1.29 is 13.3 Å². The summed E-state index contributed by atoms with van der Waals surface area (Å²) < 4.78 is 19.2. The van der Waals surface area contributed by atoms with E-state index in [4.69, 9.17) is 28.2 Å². The Kier molecular flexibility index (Phi) is 7.09. The first-order valence-electron chi connectivity index (χ1n) is 19.2. The lowest BCUT2D eigenvalue weighted by molar-refractivity contribution is 0.668. The van der Waals surface area contributed by atoms with Crippen LogP contribution in [0.4, 0.5) is 17.1 Å². The van der Waals surface area contributed by atoms with E-state index < -0.39 is 0 Å². The largest absolute Gasteiger partial charge is 0.456 e. The Hall–Kier alpha value is -8.03. The molecule has 0 fully saturated rings. The molecule has 0 aliphatic rings. The van der Waals surface area contributed by atoms with Crippen molar-refractivity contribution in [1.29, 1.82) is 0 Å². The summed E-state index contributed by atoms with van der Waals surface area (Å²) in [4.78, 5) is 17.3. The molecule has 0 aliphatic carbocycles. The van der Waals surface area contributed by atoms with Crippen molar-refractivity contribution in [2.75, 3.05) is 4.90 Å². The predicted molar refractivity (Wildman–Crippen MR) is 233 cm³/mol. The van der Waals surface area contributed by atoms with E-state index in [1.54, 1.807) is 0 Å². The SMILES string of the molecule is c1ccc(-c2nc(-c3ccccc3)nc(-c3cccc4oc5cc(N(c6ccc7oc8ccccc8c7c6)c6ccc7oc8ccccc8c7c6)ccc5c34)n2)cc1. The molecule has 0 aliphatic heterocycles. The molecule has 7 nitrogen and oxygen atoms in total. The fraction of sp³-hybridized carbons (Fsp3) is 0. The molecule has 58 heavy (non-hydrogen) atoms. The predicted octanol–water partition coefficient (Wildman–Crippen LogP) is 14.0. The highest BCUT2D eigenvalue weighted by Gasteiger charge is 2.21. The van der Waals surface area contributed by atoms with Crippen LogP contribution in [-0.4, -0.2) is 15.0 Å². The molecule has 0 amide bonds. The number of hydrogen-bond acceptors (Lipinski definition) is 7. The van der Waals surface area contributed by atoms with Gasteiger partial charge in [0, 0.05) is 72.1 Å². The average molecular weight is 747 g/mol. The Morgan fingerprint density at radius 2 is 0.776 bits per heavy atom. The molecule has 0 spiro atoms. The maximum Gasteiger partial charge on any atom is 0.164 e. The van der Waals surface area contributed by atoms with Crippen LogP contribution in [0.1, 0.15) is 0 Å². The van der Waals surface area contributed by atoms with Crippen molar-refractivity contribution in [3.05, 3.63) is 182 Å². The van der Waals surface area contributed by atoms with Crippen molar-refractivity contribution >= 4 is 82.9 Å². The third-order valence-corrected chi connectivity index (χ3v) is 10.9. The zero-order chi connectivity index (χ0) is 38.2. The summed E-state index contributed by atoms with van der Waals surface area (Å²) in [6.07, 6.45) is 0. The van der Waals surface area contributed by atoms with Crippen LogP contribution < -0.4 is 4.90 Å². The second kappa shape index (κ2) is 12.8. The molecular formula is C51H30N4O3. The van der Waals surface area contributed by atoms with Gasteiger partial charge in [-0.3, -0.25) is 0 Å². The molecule has 4 heterocycles. The average Bonchev–Trinajstić information content (AvgIpc) is 3.98. The quantitative estimate of drug-likeness (QED) is 0.168. The van der Waals surface area contributed by atoms with E-state index in [-0.39, 0.29) is 0 Å². The smallest absolute Gasteiger partial charge is 0.164 e. The van der Waals surface area contributed by atoms with E-state index >= 15 is 0 Å². The van der Waals surface area contributed by atoms with Gasteiger partial charge < -0.3 is 18.2 Å². The third-order valence-electron chi connectivity index (χ3n) is 10.9. The van der Waals surface area contributed by atoms with Crippen LogP contribution in [0, 0.1) is 0 Å². The van der Waals surface area contributed by atoms with Crippen LogP contribution in [0.15, 0.2) is 195 Å². The van der Waals surface area contributed by atoms with E-state index in [2.05, 4.69) is 77.7 Å². The van der Waals surface area contributed by atoms with Crippen molar-refractivity contribution in [1.82, 2.24) is 15.0 Å². The molecule has 12 rings (SSSR count). The highest BCUT2D eigenvalue weighted by Crippen LogP contribution is 2.44. The van der Waals surface area contributed by atoms with Crippen LogP contribution in [0.3, 0.4) is 0 Å². The fourth-order valence-electron chi connectivity index (χ4n) is 8.22. The zero-order valence-electron chi connectivity index (χ0n) is 30.8. The van der Waals surface area contributed by atoms with Crippen molar-refractivity contribution in [2.45, 2.75) is 0 Å². The highest BCUT2D eigenvalue weighted by molar-refractivity contribution is 6.13. The number of anilines is 3. The number of furan rings is 3. The maximum atomic E-state index is 6.71. The molecule has 7 heteroatoms. The molecule has 0 radical (unpaired) electrons. The second-order valence-corrected chi connectivity index (χ2v) is 14.4. The molecule has 0 N–H and O–H groups in total. The molecule has 8 aromatic carbocycles. The summed E-state index contributed by atoms with van der Waals surface area (Å²) in [5.41, 5.74) is 10.5. The molecule has 0 atom stereocenters. The molecule has 12 aromatic rings. The monoisotopic (exact) mass is 746 g/mol. The maximum absolute atomic E-state index is 6.71. The summed E-state index contributed by atoms with van der Waals surface area (Å²) in [6.45, 7) is 0. The number of aromatic nitrogens is 3. The number of fused-ring (bicyclic) bond motifs is 9. The van der Waals surface area contributed by atoms with Crippen molar-refractivity contribution in [3.63, 3.8) is 0 Å². The van der Waals surface area contributed by atoms with Crippen LogP contribution >= 0.6 is 0 Å². The first kappa shape index (κ1) is 32.2. The molecule has 4 aromatic heterocycles. The van der Waals surface area contributed by atoms with Gasteiger partial charge >= 0.3 is 0 Å². The Balaban J connectivity index is 1.05. The fourth-order valence-corrected chi connectivity index (χ4v) is 8.22. The van der Waals surface area contributed by atoms with Gasteiger partial charge in [0.25, 0.3) is 0 Å². The van der Waals surface area contributed by atoms with Gasteiger partial charge in [-0.05, 0) is 66.7 Å². The lowest BCUT2D eigenvalue weighted by atomic mass is 10.0. The Morgan fingerprint density at radius 3 is 1.38 bits per heavy atom. The number of benzene rings is 8. The van der Waals surface area contributed by atoms with E-state index in [0.717, 1.165) is 99.6 Å². The van der Waals surface area contributed by atoms with Gasteiger partial charge in [0.1, 0.15) is 33.5 Å². The van der Waals surface area contributed by atoms with E-state index in [0.29, 0.717) is 17.5 Å². The lowest BCUT2D eigenvalue weighted by Crippen LogP contribution is -2.09. The lowest BCUT2D eigenvalue weighted by Gasteiger charge is -2.25. The van der Waals surface area contributed by atoms with Crippen LogP contribution in [-0.2, 0) is 0 Å². The van der Waals surface area contributed by atoms with E-state index in [1.165, 1.54) is 0 Å². The first-order valence-corrected chi connectivity index (χ1v) is 19.2. The molecule has 272 valence electrons. The second-order valence-electron chi connectivity index (χ2n) is 14.4. The zero-order valence-corrected chi connectivity index (χ0v) is 30.8. The van der Waals surface area contributed by atoms with Crippen LogP contribution in [0.5, 0.6) is 0 Å². The van der Waals surface area contributed by atoms with Crippen molar-refractivity contribution in [2.24, 2.45) is 0 Å². The highest BCUT2D eigenvalue weighted by atomic mass is 16.3. The Bertz CT molecular complexity index is 3360. The minimum atomic E-state index is 0.577. The van der Waals surface area contributed by atoms with Gasteiger partial charge in [0.15, 0.2) is 17.5 Å². The molecule has 0 saturated heterocycles. The van der Waals surface area contributed by atoms with Gasteiger partial charge in [-0.15, -0.1) is 0 Å². The summed E-state index contributed by atoms with van der Waals surface area (Å²) in [7, 11) is 0. The summed E-state index contributed by atoms with van der Waals surface area (Å²) in [5, 5.41) is 6.14. The molecular weight excluding hydrogens is 717 g/mol. The van der Waals surface area contributed by atoms with E-state index in [1.807, 2.05) is 109 Å². The summed E-state index contributed by atoms with van der Waals surface area (Å²) >= 11 is 0. The standard InChI is InChI=1S/C51H30N4O3/c1-3-12-31(13-4-1)49-52-50(32-14-5-2-6-15-32)54-51(53-49)39-18-11-21-46-48(39)38-25-22-35(30-47(38)58-46)55(33-23-26-44-40(28-33)36-16-7-9-19-42(36)56-44)34-24-27-45-41(29-34)37-17-8-10-20-43(37)57-45/h1-30H. The van der Waals surface area contributed by atoms with Gasteiger partial charge in [-0.2, -0.15) is 0 Å². The molecule has 0 saturated carbocycles. The first-order chi connectivity index (χ1) is 28.7. The number of nitrogens with zero attached hydrogens (tertiary/aromatic N) is 4. The number of rotatable bonds is 6. The molecule has 0 unspecified atom stereocenters. The number of hydrogen-bond donors (Lipinski definition) is 0. The summed E-state index contributed by atoms with van der Waals surface area (Å²) in [5.74, 6) is 1.79. The van der Waals surface area contributed by atoms with Gasteiger partial charge in [-0.25, -0.2) is 15.0 Å². The normalized spacial score (nSPS) is 11.8. The van der Waals surface area contributed by atoms with Crippen LogP contribution in [0.25, 0.3) is 100.0 Å². The van der Waals surface area contributed by atoms with Gasteiger partial charge in [0.05, 0.1) is 0 Å². The van der Waals surface area contributed by atoms with Crippen LogP contribution in [0.2, 0.25) is 0 Å². The van der Waals surface area contributed by atoms with Gasteiger partial charge in [-0.1, -0.05) is 109 Å².